The maximum Gasteiger partial charge on any atom is 0.301 e. The number of hydrogen-bond acceptors (Lipinski definition) is 9. The molecule has 1 amide bonds. The largest absolute Gasteiger partial charge is 0.507 e. The van der Waals surface area contributed by atoms with Crippen LogP contribution in [0.4, 0.5) is 5.13 Å². The fourth-order valence-corrected chi connectivity index (χ4v) is 5.35. The number of ether oxygens (including phenoxy) is 3. The van der Waals surface area contributed by atoms with Crippen LogP contribution in [-0.2, 0) is 9.59 Å². The lowest BCUT2D eigenvalue weighted by Gasteiger charge is -2.24. The van der Waals surface area contributed by atoms with E-state index >= 15 is 0 Å². The number of anilines is 1. The summed E-state index contributed by atoms with van der Waals surface area (Å²) in [4.78, 5) is 45.1. The number of carbonyl (C=O) groups excluding carboxylic acids is 3. The summed E-state index contributed by atoms with van der Waals surface area (Å²) in [5.74, 6) is -0.760. The van der Waals surface area contributed by atoms with Gasteiger partial charge < -0.3 is 19.3 Å². The van der Waals surface area contributed by atoms with Gasteiger partial charge in [-0.05, 0) is 55.3 Å². The maximum atomic E-state index is 13.5. The number of rotatable bonds is 10. The molecule has 1 aliphatic heterocycles. The number of hydrogen-bond donors (Lipinski definition) is 1. The Kier molecular flexibility index (Phi) is 8.35. The van der Waals surface area contributed by atoms with Crippen molar-refractivity contribution in [2.75, 3.05) is 25.7 Å². The number of aliphatic hydroxyl groups is 1. The molecule has 2 aromatic carbocycles. The summed E-state index contributed by atoms with van der Waals surface area (Å²) in [6.07, 6.45) is 1.84. The van der Waals surface area contributed by atoms with Crippen molar-refractivity contribution in [1.82, 2.24) is 4.98 Å². The van der Waals surface area contributed by atoms with Crippen LogP contribution in [0.2, 0.25) is 0 Å². The number of ketones is 2. The van der Waals surface area contributed by atoms with Gasteiger partial charge in [-0.25, -0.2) is 4.98 Å². The Morgan fingerprint density at radius 3 is 2.38 bits per heavy atom. The van der Waals surface area contributed by atoms with E-state index in [-0.39, 0.29) is 22.2 Å². The number of aryl methyl sites for hydroxylation is 1. The molecule has 1 aliphatic rings. The zero-order chi connectivity index (χ0) is 28.3. The molecule has 10 heteroatoms. The molecule has 1 saturated heterocycles. The van der Waals surface area contributed by atoms with E-state index in [0.717, 1.165) is 24.2 Å². The van der Waals surface area contributed by atoms with Crippen LogP contribution in [0.5, 0.6) is 17.2 Å². The topological polar surface area (TPSA) is 115 Å². The number of nitrogens with zero attached hydrogens (tertiary/aromatic N) is 2. The number of aromatic nitrogens is 1. The van der Waals surface area contributed by atoms with Crippen molar-refractivity contribution in [3.8, 4) is 17.2 Å². The van der Waals surface area contributed by atoms with Gasteiger partial charge in [0.05, 0.1) is 43.0 Å². The molecular formula is C29H30N2O7S. The predicted octanol–water partition coefficient (Wildman–Crippen LogP) is 5.48. The van der Waals surface area contributed by atoms with Crippen LogP contribution in [-0.4, -0.2) is 48.4 Å². The molecule has 3 aromatic rings. The van der Waals surface area contributed by atoms with Crippen molar-refractivity contribution in [3.63, 3.8) is 0 Å². The van der Waals surface area contributed by atoms with E-state index in [1.807, 2.05) is 0 Å². The lowest BCUT2D eigenvalue weighted by Crippen LogP contribution is -2.29. The van der Waals surface area contributed by atoms with Crippen LogP contribution in [0.15, 0.2) is 48.0 Å². The molecule has 1 atom stereocenters. The van der Waals surface area contributed by atoms with Gasteiger partial charge in [0.2, 0.25) is 0 Å². The highest BCUT2D eigenvalue weighted by Crippen LogP contribution is 2.45. The van der Waals surface area contributed by atoms with Gasteiger partial charge in [0.1, 0.15) is 11.5 Å². The Bertz CT molecular complexity index is 1440. The van der Waals surface area contributed by atoms with E-state index < -0.39 is 17.7 Å². The third-order valence-electron chi connectivity index (χ3n) is 6.38. The average molecular weight is 551 g/mol. The highest BCUT2D eigenvalue weighted by molar-refractivity contribution is 7.18. The maximum absolute atomic E-state index is 13.5. The summed E-state index contributed by atoms with van der Waals surface area (Å²) in [6.45, 7) is 5.66. The summed E-state index contributed by atoms with van der Waals surface area (Å²) in [6, 6.07) is 10.6. The first-order valence-corrected chi connectivity index (χ1v) is 13.3. The number of amides is 1. The number of thiazole rings is 1. The Balaban J connectivity index is 1.90. The number of methoxy groups -OCH3 is 2. The van der Waals surface area contributed by atoms with E-state index in [4.69, 9.17) is 14.2 Å². The van der Waals surface area contributed by atoms with Gasteiger partial charge in [0.15, 0.2) is 22.4 Å². The van der Waals surface area contributed by atoms with E-state index in [9.17, 15) is 19.5 Å². The van der Waals surface area contributed by atoms with Crippen LogP contribution in [0.1, 0.15) is 59.2 Å². The Morgan fingerprint density at radius 1 is 1.08 bits per heavy atom. The van der Waals surface area contributed by atoms with Crippen LogP contribution in [0.25, 0.3) is 5.76 Å². The normalized spacial score (nSPS) is 16.4. The van der Waals surface area contributed by atoms with Crippen molar-refractivity contribution < 1.29 is 33.7 Å². The molecule has 1 aromatic heterocycles. The molecule has 2 heterocycles. The molecule has 0 radical (unpaired) electrons. The lowest BCUT2D eigenvalue weighted by atomic mass is 9.95. The average Bonchev–Trinajstić information content (AvgIpc) is 3.45. The molecule has 39 heavy (non-hydrogen) atoms. The standard InChI is InChI=1S/C29H30N2O7S/c1-6-7-14-38-21-13-10-19(15-22(21)37-5)24-23(25(33)18-8-11-20(36-4)12-9-18)26(34)28(35)31(24)29-30-16(2)27(39-29)17(3)32/h8-13,15,24,33H,6-7,14H2,1-5H3/t24-/m1/s1. The number of Topliss-reactive ketones (excluding diaryl/α,β-unsaturated/α-hetero) is 2. The molecule has 0 unspecified atom stereocenters. The van der Waals surface area contributed by atoms with Crippen molar-refractivity contribution >= 4 is 39.7 Å². The SMILES string of the molecule is CCCCOc1ccc([C@@H]2C(=C(O)c3ccc(OC)cc3)C(=O)C(=O)N2c2nc(C)c(C(C)=O)s2)cc1OC. The van der Waals surface area contributed by atoms with Crippen LogP contribution in [0.3, 0.4) is 0 Å². The van der Waals surface area contributed by atoms with E-state index in [2.05, 4.69) is 11.9 Å². The minimum Gasteiger partial charge on any atom is -0.507 e. The van der Waals surface area contributed by atoms with Crippen LogP contribution >= 0.6 is 11.3 Å². The molecule has 1 N–H and O–H groups in total. The molecule has 0 saturated carbocycles. The molecule has 0 aliphatic carbocycles. The first-order chi connectivity index (χ1) is 18.7. The van der Waals surface area contributed by atoms with Gasteiger partial charge in [-0.15, -0.1) is 0 Å². The lowest BCUT2D eigenvalue weighted by molar-refractivity contribution is -0.132. The Hall–Kier alpha value is -4.18. The molecule has 0 bridgehead atoms. The zero-order valence-electron chi connectivity index (χ0n) is 22.4. The predicted molar refractivity (Wildman–Crippen MR) is 148 cm³/mol. The molecule has 0 spiro atoms. The van der Waals surface area contributed by atoms with E-state index in [1.54, 1.807) is 49.4 Å². The first kappa shape index (κ1) is 27.8. The molecular weight excluding hydrogens is 520 g/mol. The number of carbonyl (C=O) groups is 3. The Labute approximate surface area is 230 Å². The third kappa shape index (κ3) is 5.37. The second-order valence-corrected chi connectivity index (χ2v) is 9.95. The minimum atomic E-state index is -1.03. The molecule has 1 fully saturated rings. The van der Waals surface area contributed by atoms with Gasteiger partial charge in [-0.3, -0.25) is 19.3 Å². The number of benzene rings is 2. The quantitative estimate of drug-likeness (QED) is 0.116. The zero-order valence-corrected chi connectivity index (χ0v) is 23.3. The molecule has 4 rings (SSSR count). The van der Waals surface area contributed by atoms with Crippen LogP contribution < -0.4 is 19.1 Å². The smallest absolute Gasteiger partial charge is 0.301 e. The minimum absolute atomic E-state index is 0.107. The summed E-state index contributed by atoms with van der Waals surface area (Å²) in [7, 11) is 3.03. The highest BCUT2D eigenvalue weighted by atomic mass is 32.1. The number of unbranched alkanes of at least 4 members (excludes halogenated alkanes) is 1. The van der Waals surface area contributed by atoms with E-state index in [0.29, 0.717) is 45.6 Å². The fourth-order valence-electron chi connectivity index (χ4n) is 4.36. The fraction of sp³-hybridized carbons (Fsp3) is 0.310. The van der Waals surface area contributed by atoms with Crippen molar-refractivity contribution in [2.24, 2.45) is 0 Å². The highest BCUT2D eigenvalue weighted by Gasteiger charge is 2.48. The van der Waals surface area contributed by atoms with Gasteiger partial charge in [0, 0.05) is 12.5 Å². The first-order valence-electron chi connectivity index (χ1n) is 12.5. The molecule has 9 nitrogen and oxygen atoms in total. The summed E-state index contributed by atoms with van der Waals surface area (Å²) >= 11 is 1.03. The molecule has 204 valence electrons. The second-order valence-electron chi connectivity index (χ2n) is 8.98. The van der Waals surface area contributed by atoms with Gasteiger partial charge >= 0.3 is 5.91 Å². The monoisotopic (exact) mass is 550 g/mol. The van der Waals surface area contributed by atoms with Crippen LogP contribution in [0, 0.1) is 6.92 Å². The third-order valence-corrected chi connectivity index (χ3v) is 7.64. The van der Waals surface area contributed by atoms with Crippen molar-refractivity contribution in [1.29, 1.82) is 0 Å². The summed E-state index contributed by atoms with van der Waals surface area (Å²) in [5.41, 5.74) is 1.19. The Morgan fingerprint density at radius 2 is 1.79 bits per heavy atom. The number of aliphatic hydroxyl groups excluding tert-OH is 1. The van der Waals surface area contributed by atoms with Gasteiger partial charge in [-0.2, -0.15) is 0 Å². The van der Waals surface area contributed by atoms with Crippen molar-refractivity contribution in [3.05, 3.63) is 69.7 Å². The van der Waals surface area contributed by atoms with Gasteiger partial charge in [0.25, 0.3) is 5.78 Å². The second kappa shape index (κ2) is 11.7. The van der Waals surface area contributed by atoms with Crippen molar-refractivity contribution in [2.45, 2.75) is 39.7 Å². The van der Waals surface area contributed by atoms with E-state index in [1.165, 1.54) is 26.0 Å². The summed E-state index contributed by atoms with van der Waals surface area (Å²) in [5, 5.41) is 11.5. The van der Waals surface area contributed by atoms with Gasteiger partial charge in [-0.1, -0.05) is 30.7 Å². The summed E-state index contributed by atoms with van der Waals surface area (Å²) < 4.78 is 16.6.